The van der Waals surface area contributed by atoms with Crippen molar-refractivity contribution in [3.63, 3.8) is 0 Å². The van der Waals surface area contributed by atoms with Gasteiger partial charge in [-0.1, -0.05) is 26.0 Å². The van der Waals surface area contributed by atoms with E-state index in [2.05, 4.69) is 13.8 Å². The molecule has 0 aromatic heterocycles. The van der Waals surface area contributed by atoms with Crippen LogP contribution < -0.4 is 0 Å². The molecule has 0 N–H and O–H groups in total. The molecular formula is C21H31NO2S. The highest BCUT2D eigenvalue weighted by Crippen LogP contribution is 2.58. The van der Waals surface area contributed by atoms with Crippen LogP contribution in [-0.2, 0) is 10.0 Å². The molecule has 1 aromatic carbocycles. The maximum atomic E-state index is 13.3. The first kappa shape index (κ1) is 17.5. The Hall–Kier alpha value is -0.870. The molecule has 3 nitrogen and oxygen atoms in total. The third-order valence-electron chi connectivity index (χ3n) is 7.39. The summed E-state index contributed by atoms with van der Waals surface area (Å²) in [5.74, 6) is 2.71. The number of sulfonamides is 1. The average Bonchev–Trinajstić information content (AvgIpc) is 2.59. The van der Waals surface area contributed by atoms with E-state index in [0.717, 1.165) is 43.4 Å². The second-order valence-corrected chi connectivity index (χ2v) is 11.0. The largest absolute Gasteiger partial charge is 0.243 e. The Morgan fingerprint density at radius 3 is 1.96 bits per heavy atom. The number of benzene rings is 1. The number of nitrogens with zero attached hydrogens (tertiary/aromatic N) is 1. The molecule has 5 rings (SSSR count). The molecule has 0 heterocycles. The molecule has 4 saturated carbocycles. The van der Waals surface area contributed by atoms with Crippen LogP contribution in [0.2, 0.25) is 0 Å². The summed E-state index contributed by atoms with van der Waals surface area (Å²) in [4.78, 5) is 0.456. The van der Waals surface area contributed by atoms with Gasteiger partial charge in [0.1, 0.15) is 0 Å². The summed E-state index contributed by atoms with van der Waals surface area (Å²) in [6, 6.07) is 7.62. The molecule has 4 aliphatic rings. The molecule has 1 atom stereocenters. The fourth-order valence-corrected chi connectivity index (χ4v) is 7.60. The van der Waals surface area contributed by atoms with E-state index in [1.807, 2.05) is 31.3 Å². The molecule has 4 heteroatoms. The molecule has 1 unspecified atom stereocenters. The molecule has 138 valence electrons. The summed E-state index contributed by atoms with van der Waals surface area (Å²) in [6.45, 7) is 4.35. The predicted molar refractivity (Wildman–Crippen MR) is 101 cm³/mol. The van der Waals surface area contributed by atoms with Crippen molar-refractivity contribution in [2.75, 3.05) is 7.05 Å². The highest BCUT2D eigenvalue weighted by molar-refractivity contribution is 7.89. The van der Waals surface area contributed by atoms with Crippen molar-refractivity contribution in [2.24, 2.45) is 17.8 Å². The number of rotatable bonds is 5. The van der Waals surface area contributed by atoms with Gasteiger partial charge < -0.3 is 0 Å². The smallest absolute Gasteiger partial charge is 0.207 e. The molecular weight excluding hydrogens is 330 g/mol. The average molecular weight is 362 g/mol. The van der Waals surface area contributed by atoms with E-state index in [1.165, 1.54) is 24.8 Å². The maximum Gasteiger partial charge on any atom is 0.243 e. The van der Waals surface area contributed by atoms with Crippen molar-refractivity contribution >= 4 is 10.0 Å². The fourth-order valence-electron chi connectivity index (χ4n) is 6.07. The zero-order chi connectivity index (χ0) is 17.8. The zero-order valence-corrected chi connectivity index (χ0v) is 16.6. The van der Waals surface area contributed by atoms with Crippen LogP contribution in [0, 0.1) is 17.8 Å². The van der Waals surface area contributed by atoms with E-state index in [4.69, 9.17) is 0 Å². The monoisotopic (exact) mass is 361 g/mol. The topological polar surface area (TPSA) is 37.4 Å². The molecule has 0 spiro atoms. The van der Waals surface area contributed by atoms with Gasteiger partial charge in [-0.05, 0) is 86.3 Å². The summed E-state index contributed by atoms with van der Waals surface area (Å²) >= 11 is 0. The molecule has 0 aliphatic heterocycles. The second kappa shape index (κ2) is 6.09. The van der Waals surface area contributed by atoms with Crippen LogP contribution in [0.15, 0.2) is 29.2 Å². The first-order valence-electron chi connectivity index (χ1n) is 9.93. The van der Waals surface area contributed by atoms with Gasteiger partial charge in [0.15, 0.2) is 0 Å². The van der Waals surface area contributed by atoms with Crippen molar-refractivity contribution < 1.29 is 8.42 Å². The van der Waals surface area contributed by atoms with Crippen LogP contribution in [0.4, 0.5) is 0 Å². The molecule has 4 fully saturated rings. The highest BCUT2D eigenvalue weighted by Gasteiger charge is 2.55. The van der Waals surface area contributed by atoms with E-state index in [9.17, 15) is 8.42 Å². The minimum atomic E-state index is -3.42. The summed E-state index contributed by atoms with van der Waals surface area (Å²) < 4.78 is 28.4. The Morgan fingerprint density at radius 2 is 1.52 bits per heavy atom. The Kier molecular flexibility index (Phi) is 4.27. The number of hydrogen-bond donors (Lipinski definition) is 0. The van der Waals surface area contributed by atoms with Gasteiger partial charge in [0.2, 0.25) is 10.0 Å². The van der Waals surface area contributed by atoms with Gasteiger partial charge in [-0.2, -0.15) is 4.31 Å². The third kappa shape index (κ3) is 2.86. The van der Waals surface area contributed by atoms with Gasteiger partial charge in [0.05, 0.1) is 4.90 Å². The summed E-state index contributed by atoms with van der Waals surface area (Å²) in [5, 5.41) is 0. The van der Waals surface area contributed by atoms with E-state index in [1.54, 1.807) is 4.31 Å². The van der Waals surface area contributed by atoms with Gasteiger partial charge in [0, 0.05) is 12.6 Å². The van der Waals surface area contributed by atoms with Gasteiger partial charge in [0.25, 0.3) is 0 Å². The van der Waals surface area contributed by atoms with Crippen LogP contribution in [0.3, 0.4) is 0 Å². The summed E-state index contributed by atoms with van der Waals surface area (Å²) in [6.07, 6.45) is 8.27. The second-order valence-electron chi connectivity index (χ2n) is 8.99. The van der Waals surface area contributed by atoms with Crippen LogP contribution >= 0.6 is 0 Å². The standard InChI is InChI=1S/C21H31NO2S/c1-4-15(2)19-5-7-20(8-6-19)25(23,24)22(3)21-12-16-9-17(13-21)11-18(10-16)14-21/h5-8,15-18H,4,9-14H2,1-3H3. The van der Waals surface area contributed by atoms with E-state index in [0.29, 0.717) is 10.8 Å². The van der Waals surface area contributed by atoms with Crippen molar-refractivity contribution in [3.8, 4) is 0 Å². The van der Waals surface area contributed by atoms with Gasteiger partial charge in [-0.15, -0.1) is 0 Å². The molecule has 0 radical (unpaired) electrons. The normalized spacial score (nSPS) is 35.3. The summed E-state index contributed by atoms with van der Waals surface area (Å²) in [7, 11) is -1.58. The Bertz CT molecular complexity index is 702. The SMILES string of the molecule is CCC(C)c1ccc(S(=O)(=O)N(C)C23CC4CC(CC(C4)C2)C3)cc1. The highest BCUT2D eigenvalue weighted by atomic mass is 32.2. The van der Waals surface area contributed by atoms with Gasteiger partial charge in [-0.3, -0.25) is 0 Å². The predicted octanol–water partition coefficient (Wildman–Crippen LogP) is 4.79. The lowest BCUT2D eigenvalue weighted by Crippen LogP contribution is -2.60. The number of hydrogen-bond acceptors (Lipinski definition) is 2. The molecule has 4 bridgehead atoms. The van der Waals surface area contributed by atoms with E-state index in [-0.39, 0.29) is 5.54 Å². The van der Waals surface area contributed by atoms with Crippen LogP contribution in [0.5, 0.6) is 0 Å². The maximum absolute atomic E-state index is 13.3. The first-order chi connectivity index (χ1) is 11.8. The molecule has 4 aliphatic carbocycles. The van der Waals surface area contributed by atoms with Crippen molar-refractivity contribution in [3.05, 3.63) is 29.8 Å². The molecule has 25 heavy (non-hydrogen) atoms. The first-order valence-corrected chi connectivity index (χ1v) is 11.4. The molecule has 1 aromatic rings. The van der Waals surface area contributed by atoms with Crippen molar-refractivity contribution in [1.82, 2.24) is 4.31 Å². The van der Waals surface area contributed by atoms with Gasteiger partial charge >= 0.3 is 0 Å². The van der Waals surface area contributed by atoms with Crippen LogP contribution in [-0.4, -0.2) is 25.3 Å². The fraction of sp³-hybridized carbons (Fsp3) is 0.714. The Balaban J connectivity index is 1.62. The van der Waals surface area contributed by atoms with Crippen molar-refractivity contribution in [2.45, 2.75) is 75.1 Å². The summed E-state index contributed by atoms with van der Waals surface area (Å²) in [5.41, 5.74) is 1.10. The van der Waals surface area contributed by atoms with E-state index < -0.39 is 10.0 Å². The Morgan fingerprint density at radius 1 is 1.04 bits per heavy atom. The van der Waals surface area contributed by atoms with Crippen LogP contribution in [0.1, 0.15) is 70.3 Å². The third-order valence-corrected chi connectivity index (χ3v) is 9.37. The molecule has 0 amide bonds. The lowest BCUT2D eigenvalue weighted by atomic mass is 9.53. The van der Waals surface area contributed by atoms with Crippen LogP contribution in [0.25, 0.3) is 0 Å². The Labute approximate surface area is 152 Å². The zero-order valence-electron chi connectivity index (χ0n) is 15.7. The minimum Gasteiger partial charge on any atom is -0.207 e. The quantitative estimate of drug-likeness (QED) is 0.756. The molecule has 0 saturated heterocycles. The lowest BCUT2D eigenvalue weighted by molar-refractivity contribution is -0.0495. The van der Waals surface area contributed by atoms with Gasteiger partial charge in [-0.25, -0.2) is 8.42 Å². The minimum absolute atomic E-state index is 0.122. The van der Waals surface area contributed by atoms with E-state index >= 15 is 0 Å². The lowest BCUT2D eigenvalue weighted by Gasteiger charge is -2.59. The van der Waals surface area contributed by atoms with Crippen molar-refractivity contribution in [1.29, 1.82) is 0 Å².